The van der Waals surface area contributed by atoms with Gasteiger partial charge in [0.05, 0.1) is 13.7 Å². The lowest BCUT2D eigenvalue weighted by molar-refractivity contribution is 0.0384. The van der Waals surface area contributed by atoms with Gasteiger partial charge >= 0.3 is 0 Å². The van der Waals surface area contributed by atoms with Crippen molar-refractivity contribution in [2.75, 3.05) is 26.9 Å². The first-order chi connectivity index (χ1) is 9.77. The van der Waals surface area contributed by atoms with Crippen molar-refractivity contribution in [3.05, 3.63) is 29.6 Å². The van der Waals surface area contributed by atoms with Gasteiger partial charge in [-0.15, -0.1) is 0 Å². The van der Waals surface area contributed by atoms with Gasteiger partial charge in [-0.25, -0.2) is 4.39 Å². The Balaban J connectivity index is 2.25. The highest BCUT2D eigenvalue weighted by Crippen LogP contribution is 2.33. The molecule has 2 unspecified atom stereocenters. The van der Waals surface area contributed by atoms with E-state index in [-0.39, 0.29) is 11.9 Å². The lowest BCUT2D eigenvalue weighted by Gasteiger charge is -2.31. The van der Waals surface area contributed by atoms with Gasteiger partial charge in [0.1, 0.15) is 0 Å². The fraction of sp³-hybridized carbons (Fsp3) is 0.625. The lowest BCUT2D eigenvalue weighted by Crippen LogP contribution is -2.34. The van der Waals surface area contributed by atoms with E-state index in [1.54, 1.807) is 6.07 Å². The number of hydrogen-bond acceptors (Lipinski definition) is 3. The van der Waals surface area contributed by atoms with E-state index in [9.17, 15) is 4.39 Å². The van der Waals surface area contributed by atoms with Crippen molar-refractivity contribution in [3.63, 3.8) is 0 Å². The Kier molecular flexibility index (Phi) is 5.80. The topological polar surface area (TPSA) is 30.5 Å². The Morgan fingerprint density at radius 1 is 1.50 bits per heavy atom. The van der Waals surface area contributed by atoms with Crippen LogP contribution in [0.15, 0.2) is 18.2 Å². The molecule has 112 valence electrons. The van der Waals surface area contributed by atoms with Gasteiger partial charge in [-0.2, -0.15) is 0 Å². The second-order valence-corrected chi connectivity index (χ2v) is 5.27. The van der Waals surface area contributed by atoms with Crippen LogP contribution >= 0.6 is 0 Å². The zero-order chi connectivity index (χ0) is 14.4. The molecule has 0 bridgehead atoms. The van der Waals surface area contributed by atoms with Gasteiger partial charge in [-0.05, 0) is 31.9 Å². The summed E-state index contributed by atoms with van der Waals surface area (Å²) >= 11 is 0. The van der Waals surface area contributed by atoms with Crippen LogP contribution in [0.1, 0.15) is 37.8 Å². The number of hydrogen-bond donors (Lipinski definition) is 1. The molecule has 1 heterocycles. The van der Waals surface area contributed by atoms with Gasteiger partial charge in [0.25, 0.3) is 0 Å². The zero-order valence-corrected chi connectivity index (χ0v) is 12.3. The number of nitrogens with one attached hydrogen (secondary N) is 1. The van der Waals surface area contributed by atoms with Crippen LogP contribution < -0.4 is 10.1 Å². The second-order valence-electron chi connectivity index (χ2n) is 5.27. The SMILES string of the molecule is CCCNC(c1cccc(OC)c1F)C1CCCOC1. The van der Waals surface area contributed by atoms with E-state index in [4.69, 9.17) is 9.47 Å². The molecule has 0 spiro atoms. The summed E-state index contributed by atoms with van der Waals surface area (Å²) in [5.74, 6) is 0.369. The fourth-order valence-electron chi connectivity index (χ4n) is 2.78. The standard InChI is InChI=1S/C16H24FNO2/c1-3-9-18-16(12-6-5-10-20-11-12)13-7-4-8-14(19-2)15(13)17/h4,7-8,12,16,18H,3,5-6,9-11H2,1-2H3. The summed E-state index contributed by atoms with van der Waals surface area (Å²) in [6.45, 7) is 4.50. The average molecular weight is 281 g/mol. The molecule has 1 aliphatic rings. The minimum atomic E-state index is -0.255. The molecule has 1 fully saturated rings. The number of methoxy groups -OCH3 is 1. The zero-order valence-electron chi connectivity index (χ0n) is 12.3. The van der Waals surface area contributed by atoms with Crippen LogP contribution in [0.3, 0.4) is 0 Å². The minimum Gasteiger partial charge on any atom is -0.494 e. The maximum atomic E-state index is 14.5. The van der Waals surface area contributed by atoms with Crippen molar-refractivity contribution in [1.29, 1.82) is 0 Å². The predicted octanol–water partition coefficient (Wildman–Crippen LogP) is 3.30. The van der Waals surface area contributed by atoms with Crippen molar-refractivity contribution in [1.82, 2.24) is 5.32 Å². The largest absolute Gasteiger partial charge is 0.494 e. The molecule has 2 rings (SSSR count). The van der Waals surface area contributed by atoms with Gasteiger partial charge in [-0.3, -0.25) is 0 Å². The third kappa shape index (κ3) is 3.49. The van der Waals surface area contributed by atoms with Gasteiger partial charge < -0.3 is 14.8 Å². The van der Waals surface area contributed by atoms with E-state index < -0.39 is 0 Å². The Morgan fingerprint density at radius 2 is 2.35 bits per heavy atom. The van der Waals surface area contributed by atoms with Crippen LogP contribution in [0.25, 0.3) is 0 Å². The van der Waals surface area contributed by atoms with Gasteiger partial charge in [-0.1, -0.05) is 19.1 Å². The van der Waals surface area contributed by atoms with Crippen molar-refractivity contribution >= 4 is 0 Å². The monoisotopic (exact) mass is 281 g/mol. The molecule has 0 radical (unpaired) electrons. The van der Waals surface area contributed by atoms with Crippen molar-refractivity contribution in [2.45, 2.75) is 32.2 Å². The highest BCUT2D eigenvalue weighted by Gasteiger charge is 2.28. The second kappa shape index (κ2) is 7.60. The summed E-state index contributed by atoms with van der Waals surface area (Å²) in [5, 5.41) is 3.47. The first kappa shape index (κ1) is 15.3. The molecule has 20 heavy (non-hydrogen) atoms. The summed E-state index contributed by atoms with van der Waals surface area (Å²) in [7, 11) is 1.50. The molecule has 4 heteroatoms. The van der Waals surface area contributed by atoms with Crippen LogP contribution in [-0.4, -0.2) is 26.9 Å². The van der Waals surface area contributed by atoms with Crippen LogP contribution in [0, 0.1) is 11.7 Å². The summed E-state index contributed by atoms with van der Waals surface area (Å²) in [6, 6.07) is 5.35. The van der Waals surface area contributed by atoms with Gasteiger partial charge in [0, 0.05) is 24.1 Å². The molecule has 1 aliphatic heterocycles. The number of ether oxygens (including phenoxy) is 2. The van der Waals surface area contributed by atoms with E-state index in [1.165, 1.54) is 7.11 Å². The quantitative estimate of drug-likeness (QED) is 0.868. The molecule has 0 aromatic heterocycles. The van der Waals surface area contributed by atoms with Crippen molar-refractivity contribution < 1.29 is 13.9 Å². The predicted molar refractivity (Wildman–Crippen MR) is 77.5 cm³/mol. The van der Waals surface area contributed by atoms with E-state index in [0.717, 1.165) is 32.4 Å². The highest BCUT2D eigenvalue weighted by atomic mass is 19.1. The Hall–Kier alpha value is -1.13. The molecule has 0 aliphatic carbocycles. The van der Waals surface area contributed by atoms with Gasteiger partial charge in [0.2, 0.25) is 0 Å². The molecule has 1 N–H and O–H groups in total. The van der Waals surface area contributed by atoms with E-state index in [2.05, 4.69) is 12.2 Å². The molecule has 0 amide bonds. The Morgan fingerprint density at radius 3 is 3.00 bits per heavy atom. The smallest absolute Gasteiger partial charge is 0.169 e. The average Bonchev–Trinajstić information content (AvgIpc) is 2.50. The third-order valence-electron chi connectivity index (χ3n) is 3.83. The summed E-state index contributed by atoms with van der Waals surface area (Å²) in [5.41, 5.74) is 0.688. The van der Waals surface area contributed by atoms with Crippen LogP contribution in [0.4, 0.5) is 4.39 Å². The Bertz CT molecular complexity index is 419. The van der Waals surface area contributed by atoms with Crippen molar-refractivity contribution in [3.8, 4) is 5.75 Å². The first-order valence-corrected chi connectivity index (χ1v) is 7.41. The molecule has 1 saturated heterocycles. The highest BCUT2D eigenvalue weighted by molar-refractivity contribution is 5.33. The molecular formula is C16H24FNO2. The number of benzene rings is 1. The molecule has 3 nitrogen and oxygen atoms in total. The number of halogens is 1. The first-order valence-electron chi connectivity index (χ1n) is 7.41. The normalized spacial score (nSPS) is 20.6. The van der Waals surface area contributed by atoms with E-state index in [1.807, 2.05) is 12.1 Å². The molecule has 2 atom stereocenters. The minimum absolute atomic E-state index is 0.00894. The van der Waals surface area contributed by atoms with Crippen LogP contribution in [-0.2, 0) is 4.74 Å². The van der Waals surface area contributed by atoms with Crippen molar-refractivity contribution in [2.24, 2.45) is 5.92 Å². The maximum absolute atomic E-state index is 14.5. The van der Waals surface area contributed by atoms with E-state index >= 15 is 0 Å². The maximum Gasteiger partial charge on any atom is 0.169 e. The third-order valence-corrected chi connectivity index (χ3v) is 3.83. The van der Waals surface area contributed by atoms with Crippen LogP contribution in [0.5, 0.6) is 5.75 Å². The summed E-state index contributed by atoms with van der Waals surface area (Å²) in [6.07, 6.45) is 3.13. The summed E-state index contributed by atoms with van der Waals surface area (Å²) in [4.78, 5) is 0. The van der Waals surface area contributed by atoms with E-state index in [0.29, 0.717) is 23.8 Å². The summed E-state index contributed by atoms with van der Waals surface area (Å²) < 4.78 is 25.2. The molecule has 1 aromatic rings. The van der Waals surface area contributed by atoms with Gasteiger partial charge in [0.15, 0.2) is 11.6 Å². The molecular weight excluding hydrogens is 257 g/mol. The van der Waals surface area contributed by atoms with Crippen LogP contribution in [0.2, 0.25) is 0 Å². The Labute approximate surface area is 120 Å². The lowest BCUT2D eigenvalue weighted by atomic mass is 9.88. The molecule has 1 aromatic carbocycles. The molecule has 0 saturated carbocycles. The fourth-order valence-corrected chi connectivity index (χ4v) is 2.78. The number of rotatable bonds is 6.